The van der Waals surface area contributed by atoms with E-state index < -0.39 is 5.97 Å². The topological polar surface area (TPSA) is 75.1 Å². The Hall–Kier alpha value is -2.43. The van der Waals surface area contributed by atoms with Gasteiger partial charge in [-0.1, -0.05) is 26.8 Å². The Bertz CT molecular complexity index is 696. The molecule has 0 saturated heterocycles. The van der Waals surface area contributed by atoms with E-state index in [9.17, 15) is 4.79 Å². The van der Waals surface area contributed by atoms with Gasteiger partial charge in [-0.05, 0) is 31.5 Å². The Morgan fingerprint density at radius 3 is 2.64 bits per heavy atom. The molecule has 2 aromatic rings. The number of nitrogens with one attached hydrogen (secondary N) is 1. The fourth-order valence-electron chi connectivity index (χ4n) is 2.27. The third-order valence-corrected chi connectivity index (χ3v) is 3.47. The minimum atomic E-state index is -0.943. The molecule has 0 saturated carbocycles. The summed E-state index contributed by atoms with van der Waals surface area (Å²) < 4.78 is 0. The zero-order chi connectivity index (χ0) is 16.3. The number of aromatic carboxylic acids is 1. The Labute approximate surface area is 130 Å². The van der Waals surface area contributed by atoms with Crippen molar-refractivity contribution in [2.45, 2.75) is 40.0 Å². The van der Waals surface area contributed by atoms with Gasteiger partial charge in [0.15, 0.2) is 0 Å². The monoisotopic (exact) mass is 299 g/mol. The zero-order valence-corrected chi connectivity index (χ0v) is 13.3. The maximum Gasteiger partial charge on any atom is 0.335 e. The van der Waals surface area contributed by atoms with Crippen molar-refractivity contribution < 1.29 is 9.90 Å². The molecule has 0 atom stereocenters. The van der Waals surface area contributed by atoms with Crippen LogP contribution in [-0.4, -0.2) is 21.0 Å². The normalized spacial score (nSPS) is 10.8. The van der Waals surface area contributed by atoms with Crippen molar-refractivity contribution in [1.82, 2.24) is 9.97 Å². The Morgan fingerprint density at radius 1 is 1.32 bits per heavy atom. The molecule has 1 aromatic heterocycles. The van der Waals surface area contributed by atoms with E-state index in [4.69, 9.17) is 5.11 Å². The predicted octanol–water partition coefficient (Wildman–Crippen LogP) is 3.91. The van der Waals surface area contributed by atoms with Gasteiger partial charge >= 0.3 is 5.97 Å². The first kappa shape index (κ1) is 15.9. The lowest BCUT2D eigenvalue weighted by atomic mass is 10.1. The molecule has 0 aliphatic heterocycles. The van der Waals surface area contributed by atoms with Crippen LogP contribution in [0.2, 0.25) is 0 Å². The van der Waals surface area contributed by atoms with Gasteiger partial charge in [-0.25, -0.2) is 14.8 Å². The number of anilines is 2. The van der Waals surface area contributed by atoms with Gasteiger partial charge in [0.05, 0.1) is 5.56 Å². The number of carboxylic acids is 1. The molecule has 116 valence electrons. The molecule has 0 fully saturated rings. The summed E-state index contributed by atoms with van der Waals surface area (Å²) in [5.41, 5.74) is 2.96. The molecule has 0 amide bonds. The molecule has 1 aromatic carbocycles. The van der Waals surface area contributed by atoms with Crippen LogP contribution in [0.1, 0.15) is 54.1 Å². The molecule has 5 nitrogen and oxygen atoms in total. The third kappa shape index (κ3) is 3.42. The highest BCUT2D eigenvalue weighted by molar-refractivity contribution is 5.89. The Morgan fingerprint density at radius 2 is 2.05 bits per heavy atom. The molecule has 0 radical (unpaired) electrons. The molecule has 1 heterocycles. The van der Waals surface area contributed by atoms with Gasteiger partial charge in [0.25, 0.3) is 0 Å². The van der Waals surface area contributed by atoms with Gasteiger partial charge < -0.3 is 10.4 Å². The van der Waals surface area contributed by atoms with Crippen LogP contribution in [0.3, 0.4) is 0 Å². The van der Waals surface area contributed by atoms with E-state index >= 15 is 0 Å². The largest absolute Gasteiger partial charge is 0.478 e. The maximum atomic E-state index is 11.1. The summed E-state index contributed by atoms with van der Waals surface area (Å²) in [6.07, 6.45) is 0.811. The SMILES string of the molecule is CCc1c(C)nc(C(C)C)nc1Nc1cccc(C(=O)O)c1. The number of benzene rings is 1. The number of carbonyl (C=O) groups is 1. The van der Waals surface area contributed by atoms with Gasteiger partial charge in [0, 0.05) is 22.9 Å². The van der Waals surface area contributed by atoms with Crippen molar-refractivity contribution in [3.05, 3.63) is 46.9 Å². The molecule has 5 heteroatoms. The highest BCUT2D eigenvalue weighted by Gasteiger charge is 2.13. The van der Waals surface area contributed by atoms with Crippen LogP contribution in [0.15, 0.2) is 24.3 Å². The third-order valence-electron chi connectivity index (χ3n) is 3.47. The van der Waals surface area contributed by atoms with Gasteiger partial charge in [0.2, 0.25) is 0 Å². The average Bonchev–Trinajstić information content (AvgIpc) is 2.47. The summed E-state index contributed by atoms with van der Waals surface area (Å²) in [7, 11) is 0. The summed E-state index contributed by atoms with van der Waals surface area (Å²) in [4.78, 5) is 20.2. The van der Waals surface area contributed by atoms with Gasteiger partial charge in [0.1, 0.15) is 11.6 Å². The zero-order valence-electron chi connectivity index (χ0n) is 13.3. The van der Waals surface area contributed by atoms with Crippen molar-refractivity contribution in [1.29, 1.82) is 0 Å². The van der Waals surface area contributed by atoms with E-state index in [1.165, 1.54) is 0 Å². The first-order valence-electron chi connectivity index (χ1n) is 7.40. The Balaban J connectivity index is 2.43. The molecule has 22 heavy (non-hydrogen) atoms. The molecule has 2 N–H and O–H groups in total. The van der Waals surface area contributed by atoms with Crippen LogP contribution in [0.4, 0.5) is 11.5 Å². The van der Waals surface area contributed by atoms with Gasteiger partial charge in [-0.2, -0.15) is 0 Å². The van der Waals surface area contributed by atoms with Crippen LogP contribution in [0, 0.1) is 6.92 Å². The van der Waals surface area contributed by atoms with Crippen molar-refractivity contribution in [3.63, 3.8) is 0 Å². The number of aromatic nitrogens is 2. The predicted molar refractivity (Wildman–Crippen MR) is 86.9 cm³/mol. The molecule has 0 aliphatic rings. The van der Waals surface area contributed by atoms with E-state index in [1.807, 2.05) is 13.0 Å². The van der Waals surface area contributed by atoms with E-state index in [2.05, 4.69) is 36.1 Å². The number of hydrogen-bond acceptors (Lipinski definition) is 4. The summed E-state index contributed by atoms with van der Waals surface area (Å²) in [5.74, 6) is 0.824. The number of carboxylic acid groups (broad SMARTS) is 1. The van der Waals surface area contributed by atoms with Crippen molar-refractivity contribution >= 4 is 17.5 Å². The van der Waals surface area contributed by atoms with Crippen LogP contribution < -0.4 is 5.32 Å². The fourth-order valence-corrected chi connectivity index (χ4v) is 2.27. The second-order valence-electron chi connectivity index (χ2n) is 5.51. The lowest BCUT2D eigenvalue weighted by molar-refractivity contribution is 0.0697. The van der Waals surface area contributed by atoms with Crippen LogP contribution in [0.5, 0.6) is 0 Å². The van der Waals surface area contributed by atoms with Gasteiger partial charge in [-0.3, -0.25) is 0 Å². The smallest absolute Gasteiger partial charge is 0.335 e. The van der Waals surface area contributed by atoms with E-state index in [0.717, 1.165) is 29.3 Å². The summed E-state index contributed by atoms with van der Waals surface area (Å²) in [6, 6.07) is 6.72. The molecule has 0 bridgehead atoms. The quantitative estimate of drug-likeness (QED) is 0.875. The van der Waals surface area contributed by atoms with Crippen LogP contribution in [-0.2, 0) is 6.42 Å². The van der Waals surface area contributed by atoms with E-state index in [-0.39, 0.29) is 11.5 Å². The van der Waals surface area contributed by atoms with E-state index in [1.54, 1.807) is 18.2 Å². The number of aryl methyl sites for hydroxylation is 1. The molecular formula is C17H21N3O2. The first-order valence-corrected chi connectivity index (χ1v) is 7.40. The van der Waals surface area contributed by atoms with Crippen LogP contribution >= 0.6 is 0 Å². The minimum Gasteiger partial charge on any atom is -0.478 e. The molecule has 0 spiro atoms. The van der Waals surface area contributed by atoms with Crippen molar-refractivity contribution in [3.8, 4) is 0 Å². The van der Waals surface area contributed by atoms with Crippen LogP contribution in [0.25, 0.3) is 0 Å². The second kappa shape index (κ2) is 6.56. The minimum absolute atomic E-state index is 0.232. The molecule has 0 unspecified atom stereocenters. The van der Waals surface area contributed by atoms with E-state index in [0.29, 0.717) is 5.69 Å². The summed E-state index contributed by atoms with van der Waals surface area (Å²) in [6.45, 7) is 8.13. The van der Waals surface area contributed by atoms with Crippen molar-refractivity contribution in [2.75, 3.05) is 5.32 Å². The molecule has 0 aliphatic carbocycles. The lowest BCUT2D eigenvalue weighted by Gasteiger charge is -2.15. The standard InChI is InChI=1S/C17H21N3O2/c1-5-14-11(4)18-15(10(2)3)20-16(14)19-13-8-6-7-12(9-13)17(21)22/h6-10H,5H2,1-4H3,(H,21,22)(H,18,19,20). The van der Waals surface area contributed by atoms with Gasteiger partial charge in [-0.15, -0.1) is 0 Å². The first-order chi connectivity index (χ1) is 10.4. The molecular weight excluding hydrogens is 278 g/mol. The highest BCUT2D eigenvalue weighted by Crippen LogP contribution is 2.24. The number of rotatable bonds is 5. The second-order valence-corrected chi connectivity index (χ2v) is 5.51. The molecule has 2 rings (SSSR count). The summed E-state index contributed by atoms with van der Waals surface area (Å²) in [5, 5.41) is 12.3. The number of hydrogen-bond donors (Lipinski definition) is 2. The fraction of sp³-hybridized carbons (Fsp3) is 0.353. The average molecular weight is 299 g/mol. The van der Waals surface area contributed by atoms with Crippen molar-refractivity contribution in [2.24, 2.45) is 0 Å². The maximum absolute atomic E-state index is 11.1. The highest BCUT2D eigenvalue weighted by atomic mass is 16.4. The Kier molecular flexibility index (Phi) is 4.75. The summed E-state index contributed by atoms with van der Waals surface area (Å²) >= 11 is 0. The lowest BCUT2D eigenvalue weighted by Crippen LogP contribution is -2.08. The number of nitrogens with zero attached hydrogens (tertiary/aromatic N) is 2.